The fourth-order valence-corrected chi connectivity index (χ4v) is 3.41. The summed E-state index contributed by atoms with van der Waals surface area (Å²) in [5, 5.41) is 7.20. The van der Waals surface area contributed by atoms with Crippen LogP contribution in [0.5, 0.6) is 0 Å². The standard InChI is InChI=1S/C16H23NS/c1-5-17-14(11-16(2,3)4)13-8-6-7-12-9-10-18-15(12)13/h6-10,14,17H,5,11H2,1-4H3. The van der Waals surface area contributed by atoms with Crippen molar-refractivity contribution < 1.29 is 0 Å². The number of nitrogens with one attached hydrogen (secondary N) is 1. The molecule has 1 aromatic heterocycles. The van der Waals surface area contributed by atoms with E-state index in [-0.39, 0.29) is 0 Å². The quantitative estimate of drug-likeness (QED) is 0.817. The van der Waals surface area contributed by atoms with Gasteiger partial charge in [-0.05, 0) is 40.8 Å². The van der Waals surface area contributed by atoms with Crippen molar-refractivity contribution in [3.05, 3.63) is 35.2 Å². The molecule has 1 N–H and O–H groups in total. The van der Waals surface area contributed by atoms with E-state index in [4.69, 9.17) is 0 Å². The monoisotopic (exact) mass is 261 g/mol. The Balaban J connectivity index is 2.38. The third kappa shape index (κ3) is 3.12. The molecule has 0 saturated heterocycles. The Kier molecular flexibility index (Phi) is 4.08. The van der Waals surface area contributed by atoms with Gasteiger partial charge in [0.15, 0.2) is 0 Å². The second-order valence-electron chi connectivity index (χ2n) is 6.06. The Hall–Kier alpha value is -0.860. The minimum Gasteiger partial charge on any atom is -0.310 e. The second kappa shape index (κ2) is 5.41. The van der Waals surface area contributed by atoms with Crippen LogP contribution in [-0.2, 0) is 0 Å². The van der Waals surface area contributed by atoms with Crippen LogP contribution in [0, 0.1) is 5.41 Å². The Morgan fingerprint density at radius 1 is 1.22 bits per heavy atom. The molecule has 0 aliphatic rings. The van der Waals surface area contributed by atoms with Gasteiger partial charge >= 0.3 is 0 Å². The van der Waals surface area contributed by atoms with Crippen molar-refractivity contribution in [3.8, 4) is 0 Å². The normalized spacial score (nSPS) is 14.0. The van der Waals surface area contributed by atoms with Crippen LogP contribution in [0.3, 0.4) is 0 Å². The van der Waals surface area contributed by atoms with Gasteiger partial charge in [0, 0.05) is 10.7 Å². The predicted molar refractivity (Wildman–Crippen MR) is 82.3 cm³/mol. The minimum atomic E-state index is 0.340. The topological polar surface area (TPSA) is 12.0 Å². The molecule has 0 amide bonds. The maximum absolute atomic E-state index is 3.64. The van der Waals surface area contributed by atoms with Gasteiger partial charge in [0.05, 0.1) is 0 Å². The fourth-order valence-electron chi connectivity index (χ4n) is 2.44. The van der Waals surface area contributed by atoms with Crippen LogP contribution in [-0.4, -0.2) is 6.54 Å². The molecule has 0 fully saturated rings. The highest BCUT2D eigenvalue weighted by Crippen LogP contribution is 2.35. The average Bonchev–Trinajstić information content (AvgIpc) is 2.74. The Morgan fingerprint density at radius 2 is 2.00 bits per heavy atom. The van der Waals surface area contributed by atoms with E-state index < -0.39 is 0 Å². The molecule has 0 radical (unpaired) electrons. The van der Waals surface area contributed by atoms with Gasteiger partial charge in [0.1, 0.15) is 0 Å². The van der Waals surface area contributed by atoms with E-state index in [1.165, 1.54) is 15.6 Å². The SMILES string of the molecule is CCNC(CC(C)(C)C)c1cccc2ccsc12. The summed E-state index contributed by atoms with van der Waals surface area (Å²) in [4.78, 5) is 0. The van der Waals surface area contributed by atoms with Crippen LogP contribution in [0.25, 0.3) is 10.1 Å². The summed E-state index contributed by atoms with van der Waals surface area (Å²) in [6, 6.07) is 9.33. The van der Waals surface area contributed by atoms with E-state index in [1.54, 1.807) is 0 Å². The van der Waals surface area contributed by atoms with E-state index in [2.05, 4.69) is 62.7 Å². The van der Waals surface area contributed by atoms with Gasteiger partial charge in [-0.3, -0.25) is 0 Å². The highest BCUT2D eigenvalue weighted by molar-refractivity contribution is 7.17. The lowest BCUT2D eigenvalue weighted by Crippen LogP contribution is -2.25. The van der Waals surface area contributed by atoms with E-state index in [0.717, 1.165) is 13.0 Å². The molecule has 1 atom stereocenters. The minimum absolute atomic E-state index is 0.340. The van der Waals surface area contributed by atoms with Crippen LogP contribution in [0.1, 0.15) is 45.7 Å². The van der Waals surface area contributed by atoms with E-state index in [0.29, 0.717) is 11.5 Å². The van der Waals surface area contributed by atoms with Gasteiger partial charge in [-0.2, -0.15) is 0 Å². The molecule has 0 aliphatic heterocycles. The molecule has 2 heteroatoms. The number of fused-ring (bicyclic) bond motifs is 1. The van der Waals surface area contributed by atoms with E-state index in [1.807, 2.05) is 11.3 Å². The first-order valence-corrected chi connectivity index (χ1v) is 7.59. The largest absolute Gasteiger partial charge is 0.310 e. The summed E-state index contributed by atoms with van der Waals surface area (Å²) < 4.78 is 1.44. The third-order valence-electron chi connectivity index (χ3n) is 3.15. The predicted octanol–water partition coefficient (Wildman–Crippen LogP) is 4.99. The van der Waals surface area contributed by atoms with Gasteiger partial charge in [-0.25, -0.2) is 0 Å². The Bertz CT molecular complexity index is 507. The number of benzene rings is 1. The summed E-state index contributed by atoms with van der Waals surface area (Å²) in [6.45, 7) is 10.1. The smallest absolute Gasteiger partial charge is 0.0390 e. The van der Waals surface area contributed by atoms with Gasteiger partial charge in [-0.15, -0.1) is 11.3 Å². The Morgan fingerprint density at radius 3 is 2.67 bits per heavy atom. The summed E-state index contributed by atoms with van der Waals surface area (Å²) >= 11 is 1.85. The van der Waals surface area contributed by atoms with Crippen molar-refractivity contribution in [1.29, 1.82) is 0 Å². The maximum Gasteiger partial charge on any atom is 0.0390 e. The molecule has 1 heterocycles. The molecule has 2 aromatic rings. The summed E-state index contributed by atoms with van der Waals surface area (Å²) in [5.41, 5.74) is 1.80. The summed E-state index contributed by atoms with van der Waals surface area (Å²) in [7, 11) is 0. The lowest BCUT2D eigenvalue weighted by molar-refractivity contribution is 0.315. The molecular formula is C16H23NS. The molecule has 1 unspecified atom stereocenters. The molecule has 98 valence electrons. The first-order valence-electron chi connectivity index (χ1n) is 6.71. The number of hydrogen-bond acceptors (Lipinski definition) is 2. The molecule has 0 bridgehead atoms. The van der Waals surface area contributed by atoms with Crippen LogP contribution >= 0.6 is 11.3 Å². The lowest BCUT2D eigenvalue weighted by Gasteiger charge is -2.27. The van der Waals surface area contributed by atoms with Crippen LogP contribution < -0.4 is 5.32 Å². The van der Waals surface area contributed by atoms with Crippen LogP contribution in [0.4, 0.5) is 0 Å². The van der Waals surface area contributed by atoms with E-state index >= 15 is 0 Å². The molecule has 0 spiro atoms. The molecule has 1 aromatic carbocycles. The van der Waals surface area contributed by atoms with Crippen molar-refractivity contribution in [3.63, 3.8) is 0 Å². The second-order valence-corrected chi connectivity index (χ2v) is 6.98. The zero-order valence-corrected chi connectivity index (χ0v) is 12.6. The highest BCUT2D eigenvalue weighted by Gasteiger charge is 2.21. The van der Waals surface area contributed by atoms with E-state index in [9.17, 15) is 0 Å². The van der Waals surface area contributed by atoms with Crippen molar-refractivity contribution in [2.75, 3.05) is 6.54 Å². The van der Waals surface area contributed by atoms with Crippen molar-refractivity contribution in [2.24, 2.45) is 5.41 Å². The summed E-state index contributed by atoms with van der Waals surface area (Å²) in [5.74, 6) is 0. The van der Waals surface area contributed by atoms with Crippen LogP contribution in [0.2, 0.25) is 0 Å². The first kappa shape index (κ1) is 13.6. The average molecular weight is 261 g/mol. The van der Waals surface area contributed by atoms with Gasteiger partial charge in [0.25, 0.3) is 0 Å². The highest BCUT2D eigenvalue weighted by atomic mass is 32.1. The van der Waals surface area contributed by atoms with Crippen molar-refractivity contribution in [1.82, 2.24) is 5.32 Å². The molecule has 0 aliphatic carbocycles. The van der Waals surface area contributed by atoms with Crippen molar-refractivity contribution in [2.45, 2.75) is 40.2 Å². The molecule has 18 heavy (non-hydrogen) atoms. The van der Waals surface area contributed by atoms with Gasteiger partial charge in [0.2, 0.25) is 0 Å². The number of rotatable bonds is 4. The molecular weight excluding hydrogens is 238 g/mol. The molecule has 1 nitrogen and oxygen atoms in total. The third-order valence-corrected chi connectivity index (χ3v) is 4.13. The van der Waals surface area contributed by atoms with Gasteiger partial charge < -0.3 is 5.32 Å². The zero-order valence-electron chi connectivity index (χ0n) is 11.8. The molecule has 0 saturated carbocycles. The van der Waals surface area contributed by atoms with Crippen LogP contribution in [0.15, 0.2) is 29.6 Å². The Labute approximate surface area is 114 Å². The zero-order chi connectivity index (χ0) is 13.2. The lowest BCUT2D eigenvalue weighted by atomic mass is 9.85. The maximum atomic E-state index is 3.64. The van der Waals surface area contributed by atoms with Gasteiger partial charge in [-0.1, -0.05) is 45.9 Å². The fraction of sp³-hybridized carbons (Fsp3) is 0.500. The number of thiophene rings is 1. The molecule has 2 rings (SSSR count). The summed E-state index contributed by atoms with van der Waals surface area (Å²) in [6.07, 6.45) is 1.16. The van der Waals surface area contributed by atoms with Crippen molar-refractivity contribution >= 4 is 21.4 Å². The number of hydrogen-bond donors (Lipinski definition) is 1. The first-order chi connectivity index (χ1) is 8.51.